The minimum Gasteiger partial charge on any atom is -0.479 e. The number of fused-ring (bicyclic) bond motifs is 1. The molecule has 1 aromatic carbocycles. The molecule has 0 saturated carbocycles. The number of nitrogens with one attached hydrogen (secondary N) is 1. The van der Waals surface area contributed by atoms with Gasteiger partial charge in [0.25, 0.3) is 5.91 Å². The number of carbonyl (C=O) groups excluding carboxylic acids is 1. The highest BCUT2D eigenvalue weighted by Gasteiger charge is 2.43. The zero-order chi connectivity index (χ0) is 24.8. The first-order valence-electron chi connectivity index (χ1n) is 11.2. The van der Waals surface area contributed by atoms with Crippen LogP contribution >= 0.6 is 0 Å². The average molecular weight is 466 g/mol. The molecule has 4 rings (SSSR count). The molecule has 2 aromatic heterocycles. The van der Waals surface area contributed by atoms with Gasteiger partial charge in [-0.15, -0.1) is 0 Å². The van der Waals surface area contributed by atoms with Gasteiger partial charge in [0.1, 0.15) is 11.6 Å². The van der Waals surface area contributed by atoms with Crippen molar-refractivity contribution < 1.29 is 23.4 Å². The maximum absolute atomic E-state index is 12.9. The van der Waals surface area contributed by atoms with E-state index in [0.29, 0.717) is 18.0 Å². The molecule has 8 heteroatoms. The van der Waals surface area contributed by atoms with E-state index in [4.69, 9.17) is 18.6 Å². The van der Waals surface area contributed by atoms with Crippen molar-refractivity contribution >= 4 is 11.6 Å². The fraction of sp³-hybridized carbons (Fsp3) is 0.423. The number of rotatable bonds is 6. The molecule has 8 nitrogen and oxygen atoms in total. The maximum atomic E-state index is 12.9. The van der Waals surface area contributed by atoms with E-state index in [1.165, 1.54) is 25.3 Å². The van der Waals surface area contributed by atoms with Gasteiger partial charge in [0.15, 0.2) is 11.4 Å². The van der Waals surface area contributed by atoms with Crippen molar-refractivity contribution in [3.8, 4) is 11.8 Å². The lowest BCUT2D eigenvalue weighted by atomic mass is 9.86. The van der Waals surface area contributed by atoms with E-state index in [0.717, 1.165) is 11.1 Å². The number of benzene rings is 1. The van der Waals surface area contributed by atoms with E-state index in [1.807, 2.05) is 6.07 Å². The number of aromatic nitrogens is 2. The van der Waals surface area contributed by atoms with Crippen molar-refractivity contribution in [2.75, 3.05) is 19.5 Å². The molecule has 3 heterocycles. The van der Waals surface area contributed by atoms with E-state index >= 15 is 0 Å². The molecular formula is C26H31N3O5. The number of carbonyl (C=O) groups is 1. The monoisotopic (exact) mass is 465 g/mol. The van der Waals surface area contributed by atoms with Gasteiger partial charge in [0.2, 0.25) is 11.8 Å². The molecule has 0 spiro atoms. The third-order valence-electron chi connectivity index (χ3n) is 6.11. The number of amides is 1. The number of furan rings is 1. The predicted octanol–water partition coefficient (Wildman–Crippen LogP) is 5.05. The topological polar surface area (TPSA) is 95.7 Å². The quantitative estimate of drug-likeness (QED) is 0.544. The number of aryl methyl sites for hydroxylation is 2. The zero-order valence-corrected chi connectivity index (χ0v) is 21.0. The normalized spacial score (nSPS) is 15.6. The summed E-state index contributed by atoms with van der Waals surface area (Å²) in [6.07, 6.45) is 0.559. The summed E-state index contributed by atoms with van der Waals surface area (Å²) in [6.45, 7) is 12.2. The highest BCUT2D eigenvalue weighted by atomic mass is 16.5. The summed E-state index contributed by atoms with van der Waals surface area (Å²) in [4.78, 5) is 21.3. The van der Waals surface area contributed by atoms with Gasteiger partial charge in [-0.3, -0.25) is 4.79 Å². The number of methoxy groups -OCH3 is 2. The lowest BCUT2D eigenvalue weighted by Gasteiger charge is -2.24. The molecule has 0 saturated heterocycles. The molecule has 1 aliphatic rings. The van der Waals surface area contributed by atoms with Crippen molar-refractivity contribution in [1.82, 2.24) is 9.97 Å². The van der Waals surface area contributed by atoms with Crippen LogP contribution in [0.2, 0.25) is 0 Å². The summed E-state index contributed by atoms with van der Waals surface area (Å²) in [5.74, 6) is 1.30. The zero-order valence-electron chi connectivity index (χ0n) is 21.0. The Morgan fingerprint density at radius 1 is 0.971 bits per heavy atom. The van der Waals surface area contributed by atoms with Crippen LogP contribution < -0.4 is 14.8 Å². The van der Waals surface area contributed by atoms with Gasteiger partial charge in [-0.05, 0) is 75.9 Å². The molecule has 0 unspecified atom stereocenters. The fourth-order valence-corrected chi connectivity index (χ4v) is 4.57. The molecule has 1 aliphatic heterocycles. The van der Waals surface area contributed by atoms with Crippen LogP contribution in [0.1, 0.15) is 72.1 Å². The lowest BCUT2D eigenvalue weighted by molar-refractivity contribution is -0.105. The Morgan fingerprint density at radius 3 is 2.15 bits per heavy atom. The molecule has 34 heavy (non-hydrogen) atoms. The maximum Gasteiger partial charge on any atom is 0.291 e. The van der Waals surface area contributed by atoms with Crippen LogP contribution in [0.3, 0.4) is 0 Å². The summed E-state index contributed by atoms with van der Waals surface area (Å²) in [5.41, 5.74) is 4.22. The molecule has 0 fully saturated rings. The number of nitrogens with zero attached hydrogens (tertiary/aromatic N) is 2. The third-order valence-corrected chi connectivity index (χ3v) is 6.11. The average Bonchev–Trinajstić information content (AvgIpc) is 3.29. The largest absolute Gasteiger partial charge is 0.479 e. The standard InChI is InChI=1S/C26H31N3O5/c1-14-11-18-19(26(5,6)34-25(18,3)4)13-16(14)12-17-9-10-20(33-17)22(30)29-21-23(31-7)27-15(2)28-24(21)32-8/h9-11,13H,12H2,1-8H3,(H,29,30). The van der Waals surface area contributed by atoms with Gasteiger partial charge < -0.3 is 23.9 Å². The molecule has 180 valence electrons. The van der Waals surface area contributed by atoms with Crippen molar-refractivity contribution in [2.24, 2.45) is 0 Å². The van der Waals surface area contributed by atoms with Crippen molar-refractivity contribution in [3.63, 3.8) is 0 Å². The SMILES string of the molecule is COc1nc(C)nc(OC)c1NC(=O)c1ccc(Cc2cc3c(cc2C)C(C)(C)OC3(C)C)o1. The Morgan fingerprint density at radius 2 is 1.56 bits per heavy atom. The fourth-order valence-electron chi connectivity index (χ4n) is 4.57. The van der Waals surface area contributed by atoms with E-state index in [1.54, 1.807) is 13.0 Å². The first-order valence-corrected chi connectivity index (χ1v) is 11.2. The van der Waals surface area contributed by atoms with Gasteiger partial charge in [-0.2, -0.15) is 9.97 Å². The Hall–Kier alpha value is -3.39. The molecule has 0 radical (unpaired) electrons. The van der Waals surface area contributed by atoms with Crippen LogP contribution in [0, 0.1) is 13.8 Å². The van der Waals surface area contributed by atoms with Crippen molar-refractivity contribution in [1.29, 1.82) is 0 Å². The van der Waals surface area contributed by atoms with Gasteiger partial charge in [-0.25, -0.2) is 0 Å². The molecule has 3 aromatic rings. The van der Waals surface area contributed by atoms with Crippen molar-refractivity contribution in [3.05, 3.63) is 63.9 Å². The number of anilines is 1. The second-order valence-corrected chi connectivity index (χ2v) is 9.51. The van der Waals surface area contributed by atoms with Gasteiger partial charge in [-0.1, -0.05) is 12.1 Å². The van der Waals surface area contributed by atoms with Gasteiger partial charge >= 0.3 is 0 Å². The molecule has 1 amide bonds. The predicted molar refractivity (Wildman–Crippen MR) is 128 cm³/mol. The lowest BCUT2D eigenvalue weighted by Crippen LogP contribution is -2.22. The molecule has 0 aliphatic carbocycles. The molecular weight excluding hydrogens is 434 g/mol. The second kappa shape index (κ2) is 8.43. The summed E-state index contributed by atoms with van der Waals surface area (Å²) in [5, 5.41) is 2.74. The van der Waals surface area contributed by atoms with Crippen LogP contribution in [0.4, 0.5) is 5.69 Å². The second-order valence-electron chi connectivity index (χ2n) is 9.51. The smallest absolute Gasteiger partial charge is 0.291 e. The number of hydrogen-bond acceptors (Lipinski definition) is 7. The summed E-state index contributed by atoms with van der Waals surface area (Å²) in [6, 6.07) is 7.86. The third kappa shape index (κ3) is 4.25. The Labute approximate surface area is 199 Å². The van der Waals surface area contributed by atoms with Crippen molar-refractivity contribution in [2.45, 2.75) is 59.2 Å². The van der Waals surface area contributed by atoms with Gasteiger partial charge in [0.05, 0.1) is 25.4 Å². The summed E-state index contributed by atoms with van der Waals surface area (Å²) < 4.78 is 22.8. The molecule has 1 N–H and O–H groups in total. The van der Waals surface area contributed by atoms with E-state index in [9.17, 15) is 4.79 Å². The minimum absolute atomic E-state index is 0.170. The first kappa shape index (κ1) is 23.8. The number of hydrogen-bond donors (Lipinski definition) is 1. The van der Waals surface area contributed by atoms with E-state index < -0.39 is 5.91 Å². The van der Waals surface area contributed by atoms with Crippen LogP contribution in [0.15, 0.2) is 28.7 Å². The minimum atomic E-state index is -0.447. The Kier molecular flexibility index (Phi) is 5.89. The van der Waals surface area contributed by atoms with Crippen LogP contribution in [0.25, 0.3) is 0 Å². The highest BCUT2D eigenvalue weighted by molar-refractivity contribution is 6.03. The highest BCUT2D eigenvalue weighted by Crippen LogP contribution is 2.47. The first-order chi connectivity index (χ1) is 15.9. The van der Waals surface area contributed by atoms with E-state index in [2.05, 4.69) is 62.0 Å². The van der Waals surface area contributed by atoms with Crippen LogP contribution in [-0.2, 0) is 22.4 Å². The number of ether oxygens (including phenoxy) is 3. The summed E-state index contributed by atoms with van der Waals surface area (Å²) in [7, 11) is 2.93. The van der Waals surface area contributed by atoms with Crippen LogP contribution in [-0.4, -0.2) is 30.1 Å². The molecule has 0 atom stereocenters. The van der Waals surface area contributed by atoms with Gasteiger partial charge in [0, 0.05) is 6.42 Å². The Balaban J connectivity index is 1.57. The summed E-state index contributed by atoms with van der Waals surface area (Å²) >= 11 is 0. The molecule has 0 bridgehead atoms. The van der Waals surface area contributed by atoms with E-state index in [-0.39, 0.29) is 34.4 Å². The Bertz CT molecular complexity index is 1230. The van der Waals surface area contributed by atoms with Crippen LogP contribution in [0.5, 0.6) is 11.8 Å².